The number of rotatable bonds is 5. The number of hydrogen-bond acceptors (Lipinski definition) is 2. The van der Waals surface area contributed by atoms with Crippen molar-refractivity contribution in [3.63, 3.8) is 0 Å². The van der Waals surface area contributed by atoms with Gasteiger partial charge in [-0.2, -0.15) is 0 Å². The fourth-order valence-corrected chi connectivity index (χ4v) is 1.11. The second-order valence-corrected chi connectivity index (χ2v) is 3.06. The molecule has 2 heteroatoms. The zero-order chi connectivity index (χ0) is 10.9. The summed E-state index contributed by atoms with van der Waals surface area (Å²) in [6.07, 6.45) is 7.45. The molecule has 1 aromatic carbocycles. The second-order valence-electron chi connectivity index (χ2n) is 3.06. The van der Waals surface area contributed by atoms with Crippen molar-refractivity contribution in [2.24, 2.45) is 0 Å². The van der Waals surface area contributed by atoms with Crippen LogP contribution < -0.4 is 5.32 Å². The second kappa shape index (κ2) is 6.60. The summed E-state index contributed by atoms with van der Waals surface area (Å²) in [5.74, 6) is 0.0979. The number of benzene rings is 1. The summed E-state index contributed by atoms with van der Waals surface area (Å²) >= 11 is 0. The molecule has 1 aromatic rings. The number of hydrogen-bond donors (Lipinski definition) is 1. The summed E-state index contributed by atoms with van der Waals surface area (Å²) in [6, 6.07) is 9.27. The maximum atomic E-state index is 11.6. The number of carbonyl (C=O) groups excluding carboxylic acids is 1. The summed E-state index contributed by atoms with van der Waals surface area (Å²) < 4.78 is 0. The Morgan fingerprint density at radius 2 is 2.00 bits per heavy atom. The molecule has 0 aromatic heterocycles. The molecule has 0 heterocycles. The topological polar surface area (TPSA) is 29.1 Å². The third-order valence-electron chi connectivity index (χ3n) is 1.88. The predicted octanol–water partition coefficient (Wildman–Crippen LogP) is 2.55. The van der Waals surface area contributed by atoms with Crippen LogP contribution in [0.4, 0.5) is 0 Å². The first kappa shape index (κ1) is 11.2. The fraction of sp³-hybridized carbons (Fsp3) is 0.154. The van der Waals surface area contributed by atoms with E-state index in [1.54, 1.807) is 6.20 Å². The van der Waals surface area contributed by atoms with Gasteiger partial charge in [0.25, 0.3) is 0 Å². The molecule has 0 unspecified atom stereocenters. The zero-order valence-electron chi connectivity index (χ0n) is 8.81. The molecule has 0 saturated heterocycles. The molecule has 2 nitrogen and oxygen atoms in total. The monoisotopic (exact) mass is 201 g/mol. The van der Waals surface area contributed by atoms with Crippen LogP contribution in [0.25, 0.3) is 0 Å². The molecule has 0 aliphatic heterocycles. The molecule has 0 bridgehead atoms. The summed E-state index contributed by atoms with van der Waals surface area (Å²) in [6.45, 7) is 2.28. The maximum absolute atomic E-state index is 11.6. The third-order valence-corrected chi connectivity index (χ3v) is 1.88. The van der Waals surface area contributed by atoms with Crippen molar-refractivity contribution in [2.45, 2.75) is 6.92 Å². The van der Waals surface area contributed by atoms with Gasteiger partial charge in [0.1, 0.15) is 0 Å². The smallest absolute Gasteiger partial charge is 0.181 e. The van der Waals surface area contributed by atoms with Crippen molar-refractivity contribution in [3.05, 3.63) is 60.3 Å². The van der Waals surface area contributed by atoms with E-state index in [4.69, 9.17) is 0 Å². The number of nitrogens with one attached hydrogen (secondary N) is 1. The van der Waals surface area contributed by atoms with Gasteiger partial charge < -0.3 is 5.32 Å². The Kier molecular flexibility index (Phi) is 4.95. The Labute approximate surface area is 90.3 Å². The van der Waals surface area contributed by atoms with E-state index >= 15 is 0 Å². The van der Waals surface area contributed by atoms with Crippen LogP contribution >= 0.6 is 0 Å². The van der Waals surface area contributed by atoms with Crippen molar-refractivity contribution < 1.29 is 4.79 Å². The van der Waals surface area contributed by atoms with Gasteiger partial charge in [0, 0.05) is 5.56 Å². The Morgan fingerprint density at radius 3 is 2.67 bits per heavy atom. The molecule has 15 heavy (non-hydrogen) atoms. The summed E-state index contributed by atoms with van der Waals surface area (Å²) in [5, 5.41) is 2.94. The van der Waals surface area contributed by atoms with Crippen LogP contribution in [-0.2, 0) is 0 Å². The predicted molar refractivity (Wildman–Crippen MR) is 62.7 cm³/mol. The van der Waals surface area contributed by atoms with E-state index in [2.05, 4.69) is 5.32 Å². The molecule has 0 aliphatic carbocycles. The van der Waals surface area contributed by atoms with E-state index in [9.17, 15) is 4.79 Å². The lowest BCUT2D eigenvalue weighted by Crippen LogP contribution is -2.17. The molecule has 1 N–H and O–H groups in total. The molecule has 0 radical (unpaired) electrons. The van der Waals surface area contributed by atoms with Crippen molar-refractivity contribution in [2.75, 3.05) is 6.54 Å². The molecule has 0 aliphatic rings. The molecular weight excluding hydrogens is 186 g/mol. The minimum absolute atomic E-state index is 0.0979. The lowest BCUT2D eigenvalue weighted by molar-refractivity contribution is 0.0995. The van der Waals surface area contributed by atoms with Crippen molar-refractivity contribution in [1.82, 2.24) is 5.32 Å². The average molecular weight is 201 g/mol. The SMILES string of the molecule is C/C=C\C=C/NCC(=O)c1ccccc1. The first-order valence-electron chi connectivity index (χ1n) is 4.94. The molecule has 0 atom stereocenters. The van der Waals surface area contributed by atoms with E-state index in [1.807, 2.05) is 55.5 Å². The van der Waals surface area contributed by atoms with Crippen molar-refractivity contribution in [1.29, 1.82) is 0 Å². The first-order chi connectivity index (χ1) is 7.34. The van der Waals surface area contributed by atoms with Crippen LogP contribution in [0.15, 0.2) is 54.8 Å². The quantitative estimate of drug-likeness (QED) is 0.586. The van der Waals surface area contributed by atoms with E-state index in [-0.39, 0.29) is 5.78 Å². The number of ketones is 1. The molecule has 0 amide bonds. The highest BCUT2D eigenvalue weighted by Crippen LogP contribution is 1.98. The molecule has 0 saturated carbocycles. The van der Waals surface area contributed by atoms with Gasteiger partial charge in [0.05, 0.1) is 6.54 Å². The van der Waals surface area contributed by atoms with Gasteiger partial charge in [-0.05, 0) is 19.2 Å². The lowest BCUT2D eigenvalue weighted by atomic mass is 10.1. The summed E-state index contributed by atoms with van der Waals surface area (Å²) in [7, 11) is 0. The lowest BCUT2D eigenvalue weighted by Gasteiger charge is -1.99. The Balaban J connectivity index is 2.37. The van der Waals surface area contributed by atoms with Crippen molar-refractivity contribution >= 4 is 5.78 Å². The van der Waals surface area contributed by atoms with Gasteiger partial charge in [-0.3, -0.25) is 4.79 Å². The van der Waals surface area contributed by atoms with Crippen LogP contribution in [0.1, 0.15) is 17.3 Å². The van der Waals surface area contributed by atoms with Gasteiger partial charge >= 0.3 is 0 Å². The number of Topliss-reactive ketones (excluding diaryl/α,β-unsaturated/α-hetero) is 1. The maximum Gasteiger partial charge on any atom is 0.181 e. The van der Waals surface area contributed by atoms with E-state index in [0.717, 1.165) is 5.56 Å². The fourth-order valence-electron chi connectivity index (χ4n) is 1.11. The molecular formula is C13H15NO. The first-order valence-corrected chi connectivity index (χ1v) is 4.94. The Bertz CT molecular complexity index is 352. The normalized spacial score (nSPS) is 11.0. The molecule has 0 fully saturated rings. The third kappa shape index (κ3) is 4.27. The summed E-state index contributed by atoms with van der Waals surface area (Å²) in [5.41, 5.74) is 0.740. The van der Waals surface area contributed by atoms with Gasteiger partial charge in [0.15, 0.2) is 5.78 Å². The largest absolute Gasteiger partial charge is 0.383 e. The van der Waals surface area contributed by atoms with E-state index < -0.39 is 0 Å². The Hall–Kier alpha value is -1.83. The van der Waals surface area contributed by atoms with Crippen LogP contribution in [0.2, 0.25) is 0 Å². The minimum Gasteiger partial charge on any atom is -0.383 e. The number of carbonyl (C=O) groups is 1. The van der Waals surface area contributed by atoms with Gasteiger partial charge in [0.2, 0.25) is 0 Å². The highest BCUT2D eigenvalue weighted by molar-refractivity contribution is 5.97. The van der Waals surface area contributed by atoms with E-state index in [1.165, 1.54) is 0 Å². The standard InChI is InChI=1S/C13H15NO/c1-2-3-7-10-14-11-13(15)12-8-5-4-6-9-12/h2-10,14H,11H2,1H3/b3-2-,10-7-. The highest BCUT2D eigenvalue weighted by Gasteiger charge is 2.01. The van der Waals surface area contributed by atoms with Crippen molar-refractivity contribution in [3.8, 4) is 0 Å². The number of allylic oxidation sites excluding steroid dienone is 3. The average Bonchev–Trinajstić information content (AvgIpc) is 2.30. The molecule has 78 valence electrons. The van der Waals surface area contributed by atoms with Crippen LogP contribution in [-0.4, -0.2) is 12.3 Å². The van der Waals surface area contributed by atoms with Gasteiger partial charge in [-0.15, -0.1) is 0 Å². The summed E-state index contributed by atoms with van der Waals surface area (Å²) in [4.78, 5) is 11.6. The van der Waals surface area contributed by atoms with Crippen LogP contribution in [0.3, 0.4) is 0 Å². The molecule has 0 spiro atoms. The van der Waals surface area contributed by atoms with Gasteiger partial charge in [-0.1, -0.05) is 42.5 Å². The van der Waals surface area contributed by atoms with Gasteiger partial charge in [-0.25, -0.2) is 0 Å². The minimum atomic E-state index is 0.0979. The molecule has 1 rings (SSSR count). The highest BCUT2D eigenvalue weighted by atomic mass is 16.1. The van der Waals surface area contributed by atoms with Crippen LogP contribution in [0.5, 0.6) is 0 Å². The van der Waals surface area contributed by atoms with E-state index in [0.29, 0.717) is 6.54 Å². The zero-order valence-corrected chi connectivity index (χ0v) is 8.81. The Morgan fingerprint density at radius 1 is 1.27 bits per heavy atom. The van der Waals surface area contributed by atoms with Crippen LogP contribution in [0, 0.1) is 0 Å².